The van der Waals surface area contributed by atoms with Crippen LogP contribution in [0.5, 0.6) is 5.75 Å². The Morgan fingerprint density at radius 1 is 1.31 bits per heavy atom. The van der Waals surface area contributed by atoms with Crippen molar-refractivity contribution in [2.45, 2.75) is 6.92 Å². The van der Waals surface area contributed by atoms with Gasteiger partial charge in [0.05, 0.1) is 12.8 Å². The molecule has 0 fully saturated rings. The summed E-state index contributed by atoms with van der Waals surface area (Å²) in [5.74, 6) is 1.54. The number of hydrogen-bond acceptors (Lipinski definition) is 3. The van der Waals surface area contributed by atoms with Gasteiger partial charge in [-0.15, -0.1) is 0 Å². The molecular weight excluding hydrogens is 202 g/mol. The number of aromatic nitrogens is 2. The second-order valence-corrected chi connectivity index (χ2v) is 3.52. The van der Waals surface area contributed by atoms with Crippen LogP contribution >= 0.6 is 0 Å². The average Bonchev–Trinajstić information content (AvgIpc) is 2.62. The van der Waals surface area contributed by atoms with Gasteiger partial charge >= 0.3 is 0 Å². The second kappa shape index (κ2) is 4.26. The molecule has 1 heterocycles. The van der Waals surface area contributed by atoms with E-state index in [4.69, 9.17) is 10.5 Å². The molecule has 2 rings (SSSR count). The predicted octanol–water partition coefficient (Wildman–Crippen LogP) is 2.07. The lowest BCUT2D eigenvalue weighted by Gasteiger charge is -2.04. The van der Waals surface area contributed by atoms with Crippen molar-refractivity contribution in [1.82, 2.24) is 9.78 Å². The van der Waals surface area contributed by atoms with Crippen LogP contribution in [0.4, 0.5) is 5.82 Å². The van der Waals surface area contributed by atoms with Crippen LogP contribution in [0.15, 0.2) is 30.5 Å². The first-order valence-electron chi connectivity index (χ1n) is 5.23. The van der Waals surface area contributed by atoms with Crippen LogP contribution in [0.2, 0.25) is 0 Å². The highest BCUT2D eigenvalue weighted by atomic mass is 16.5. The maximum Gasteiger partial charge on any atom is 0.129 e. The zero-order valence-corrected chi connectivity index (χ0v) is 9.47. The van der Waals surface area contributed by atoms with E-state index < -0.39 is 0 Å². The molecule has 0 aliphatic carbocycles. The van der Waals surface area contributed by atoms with E-state index in [1.807, 2.05) is 38.2 Å². The van der Waals surface area contributed by atoms with Crippen molar-refractivity contribution in [2.75, 3.05) is 12.3 Å². The van der Waals surface area contributed by atoms with Gasteiger partial charge in [-0.2, -0.15) is 5.10 Å². The highest BCUT2D eigenvalue weighted by molar-refractivity contribution is 5.73. The summed E-state index contributed by atoms with van der Waals surface area (Å²) < 4.78 is 7.04. The van der Waals surface area contributed by atoms with E-state index in [9.17, 15) is 0 Å². The number of benzene rings is 1. The van der Waals surface area contributed by atoms with Crippen molar-refractivity contribution in [3.8, 4) is 16.9 Å². The third kappa shape index (κ3) is 1.86. The molecule has 0 unspecified atom stereocenters. The molecule has 0 saturated carbocycles. The Balaban J connectivity index is 2.31. The van der Waals surface area contributed by atoms with Gasteiger partial charge in [0, 0.05) is 12.6 Å². The monoisotopic (exact) mass is 217 g/mol. The smallest absolute Gasteiger partial charge is 0.129 e. The highest BCUT2D eigenvalue weighted by Crippen LogP contribution is 2.26. The summed E-state index contributed by atoms with van der Waals surface area (Å²) in [6, 6.07) is 7.84. The second-order valence-electron chi connectivity index (χ2n) is 3.52. The Morgan fingerprint density at radius 2 is 2.00 bits per heavy atom. The number of rotatable bonds is 3. The van der Waals surface area contributed by atoms with E-state index >= 15 is 0 Å². The number of nitrogens with two attached hydrogens (primary N) is 1. The minimum atomic E-state index is 0.671. The minimum absolute atomic E-state index is 0.671. The van der Waals surface area contributed by atoms with E-state index in [0.29, 0.717) is 12.4 Å². The van der Waals surface area contributed by atoms with Crippen LogP contribution in [-0.2, 0) is 7.05 Å². The van der Waals surface area contributed by atoms with E-state index in [1.54, 1.807) is 10.9 Å². The molecule has 1 aromatic carbocycles. The summed E-state index contributed by atoms with van der Waals surface area (Å²) in [5.41, 5.74) is 7.90. The summed E-state index contributed by atoms with van der Waals surface area (Å²) in [7, 11) is 1.83. The van der Waals surface area contributed by atoms with Crippen molar-refractivity contribution in [2.24, 2.45) is 7.05 Å². The van der Waals surface area contributed by atoms with Gasteiger partial charge in [0.15, 0.2) is 0 Å². The first kappa shape index (κ1) is 10.5. The molecule has 16 heavy (non-hydrogen) atoms. The fourth-order valence-electron chi connectivity index (χ4n) is 1.57. The molecule has 2 aromatic rings. The molecule has 84 valence electrons. The van der Waals surface area contributed by atoms with Crippen LogP contribution in [0.3, 0.4) is 0 Å². The maximum absolute atomic E-state index is 5.90. The molecule has 0 spiro atoms. The zero-order valence-electron chi connectivity index (χ0n) is 9.47. The number of nitrogens with zero attached hydrogens (tertiary/aromatic N) is 2. The van der Waals surface area contributed by atoms with Gasteiger partial charge in [-0.25, -0.2) is 0 Å². The summed E-state index contributed by atoms with van der Waals surface area (Å²) in [6.45, 7) is 2.64. The molecule has 2 N–H and O–H groups in total. The first-order valence-corrected chi connectivity index (χ1v) is 5.23. The fraction of sp³-hybridized carbons (Fsp3) is 0.250. The number of nitrogen functional groups attached to an aromatic ring is 1. The Kier molecular flexibility index (Phi) is 2.81. The van der Waals surface area contributed by atoms with E-state index in [1.165, 1.54) is 0 Å². The number of aryl methyl sites for hydroxylation is 1. The van der Waals surface area contributed by atoms with Crippen LogP contribution in [0.1, 0.15) is 6.92 Å². The van der Waals surface area contributed by atoms with E-state index in [-0.39, 0.29) is 0 Å². The quantitative estimate of drug-likeness (QED) is 0.856. The van der Waals surface area contributed by atoms with Crippen molar-refractivity contribution >= 4 is 5.82 Å². The van der Waals surface area contributed by atoms with Crippen LogP contribution in [-0.4, -0.2) is 16.4 Å². The first-order chi connectivity index (χ1) is 7.72. The summed E-state index contributed by atoms with van der Waals surface area (Å²) in [6.07, 6.45) is 1.77. The maximum atomic E-state index is 5.90. The van der Waals surface area contributed by atoms with Gasteiger partial charge in [-0.3, -0.25) is 4.68 Å². The normalized spacial score (nSPS) is 10.4. The van der Waals surface area contributed by atoms with Crippen molar-refractivity contribution in [1.29, 1.82) is 0 Å². The minimum Gasteiger partial charge on any atom is -0.494 e. The molecule has 1 aromatic heterocycles. The fourth-order valence-corrected chi connectivity index (χ4v) is 1.57. The Labute approximate surface area is 94.6 Å². The Bertz CT molecular complexity index is 474. The lowest BCUT2D eigenvalue weighted by molar-refractivity contribution is 0.340. The summed E-state index contributed by atoms with van der Waals surface area (Å²) in [5, 5.41) is 4.11. The third-order valence-corrected chi connectivity index (χ3v) is 2.46. The van der Waals surface area contributed by atoms with Gasteiger partial charge < -0.3 is 10.5 Å². The molecule has 0 aliphatic heterocycles. The van der Waals surface area contributed by atoms with Crippen molar-refractivity contribution < 1.29 is 4.74 Å². The zero-order chi connectivity index (χ0) is 11.5. The predicted molar refractivity (Wildman–Crippen MR) is 64.2 cm³/mol. The SMILES string of the molecule is CCOc1ccc(-c2cnn(C)c2N)cc1. The number of ether oxygens (including phenoxy) is 1. The molecule has 4 nitrogen and oxygen atoms in total. The third-order valence-electron chi connectivity index (χ3n) is 2.46. The van der Waals surface area contributed by atoms with Crippen LogP contribution in [0.25, 0.3) is 11.1 Å². The molecule has 0 saturated heterocycles. The summed E-state index contributed by atoms with van der Waals surface area (Å²) in [4.78, 5) is 0. The van der Waals surface area contributed by atoms with Gasteiger partial charge in [0.25, 0.3) is 0 Å². The van der Waals surface area contributed by atoms with Gasteiger partial charge in [-0.05, 0) is 24.6 Å². The molecule has 4 heteroatoms. The number of anilines is 1. The van der Waals surface area contributed by atoms with Gasteiger partial charge in [-0.1, -0.05) is 12.1 Å². The van der Waals surface area contributed by atoms with E-state index in [2.05, 4.69) is 5.10 Å². The molecule has 0 bridgehead atoms. The van der Waals surface area contributed by atoms with Gasteiger partial charge in [0.1, 0.15) is 11.6 Å². The number of hydrogen-bond donors (Lipinski definition) is 1. The molecular formula is C12H15N3O. The topological polar surface area (TPSA) is 53.1 Å². The largest absolute Gasteiger partial charge is 0.494 e. The Hall–Kier alpha value is -1.97. The van der Waals surface area contributed by atoms with E-state index in [0.717, 1.165) is 16.9 Å². The van der Waals surface area contributed by atoms with Gasteiger partial charge in [0.2, 0.25) is 0 Å². The molecule has 0 amide bonds. The van der Waals surface area contributed by atoms with Crippen molar-refractivity contribution in [3.63, 3.8) is 0 Å². The lowest BCUT2D eigenvalue weighted by atomic mass is 10.1. The van der Waals surface area contributed by atoms with Crippen LogP contribution in [0, 0.1) is 0 Å². The summed E-state index contributed by atoms with van der Waals surface area (Å²) >= 11 is 0. The van der Waals surface area contributed by atoms with Crippen LogP contribution < -0.4 is 10.5 Å². The van der Waals surface area contributed by atoms with Crippen molar-refractivity contribution in [3.05, 3.63) is 30.5 Å². The lowest BCUT2D eigenvalue weighted by Crippen LogP contribution is -1.98. The Morgan fingerprint density at radius 3 is 2.50 bits per heavy atom. The highest BCUT2D eigenvalue weighted by Gasteiger charge is 2.06. The molecule has 0 radical (unpaired) electrons. The standard InChI is InChI=1S/C12H15N3O/c1-3-16-10-6-4-9(5-7-10)11-8-14-15(2)12(11)13/h4-8H,3,13H2,1-2H3. The molecule has 0 atom stereocenters. The molecule has 0 aliphatic rings. The average molecular weight is 217 g/mol.